The van der Waals surface area contributed by atoms with E-state index >= 15 is 0 Å². The summed E-state index contributed by atoms with van der Waals surface area (Å²) in [6.07, 6.45) is -1.41. The van der Waals surface area contributed by atoms with Gasteiger partial charge in [-0.2, -0.15) is 18.2 Å². The monoisotopic (exact) mass is 583 g/mol. The van der Waals surface area contributed by atoms with Crippen molar-refractivity contribution in [1.82, 2.24) is 14.9 Å². The van der Waals surface area contributed by atoms with E-state index in [0.717, 1.165) is 29.5 Å². The maximum absolute atomic E-state index is 13.7. The predicted octanol–water partition coefficient (Wildman–Crippen LogP) is 5.26. The lowest BCUT2D eigenvalue weighted by atomic mass is 9.99. The number of hydrogen-bond acceptors (Lipinski definition) is 7. The van der Waals surface area contributed by atoms with E-state index in [-0.39, 0.29) is 18.3 Å². The van der Waals surface area contributed by atoms with Gasteiger partial charge in [0, 0.05) is 51.9 Å². The molecule has 0 N–H and O–H groups in total. The molecule has 0 spiro atoms. The number of halogens is 3. The molecular weight excluding hydrogens is 547 g/mol. The van der Waals surface area contributed by atoms with Crippen molar-refractivity contribution in [2.45, 2.75) is 52.6 Å². The minimum Gasteiger partial charge on any atom is -0.420 e. The second-order valence-corrected chi connectivity index (χ2v) is 11.4. The van der Waals surface area contributed by atoms with Gasteiger partial charge in [0.05, 0.1) is 6.42 Å². The van der Waals surface area contributed by atoms with Crippen LogP contribution in [-0.2, 0) is 23.8 Å². The first-order chi connectivity index (χ1) is 20.0. The zero-order valence-electron chi connectivity index (χ0n) is 24.2. The minimum absolute atomic E-state index is 0.0949. The largest absolute Gasteiger partial charge is 0.437 e. The van der Waals surface area contributed by atoms with Gasteiger partial charge in [-0.05, 0) is 60.9 Å². The van der Waals surface area contributed by atoms with Crippen LogP contribution in [0.4, 0.5) is 25.0 Å². The number of carbonyl (C=O) groups is 2. The van der Waals surface area contributed by atoms with E-state index in [4.69, 9.17) is 4.42 Å². The molecule has 5 rings (SSSR count). The summed E-state index contributed by atoms with van der Waals surface area (Å²) in [7, 11) is 0. The number of nitrogens with zero attached hydrogens (tertiary/aromatic N) is 5. The summed E-state index contributed by atoms with van der Waals surface area (Å²) >= 11 is 0. The Labute approximate surface area is 243 Å². The highest BCUT2D eigenvalue weighted by molar-refractivity contribution is 5.96. The molecule has 2 aromatic heterocycles. The third-order valence-electron chi connectivity index (χ3n) is 8.17. The Morgan fingerprint density at radius 1 is 0.976 bits per heavy atom. The van der Waals surface area contributed by atoms with E-state index in [1.807, 2.05) is 43.9 Å². The van der Waals surface area contributed by atoms with E-state index in [0.29, 0.717) is 63.0 Å². The molecule has 3 aromatic rings. The van der Waals surface area contributed by atoms with E-state index in [1.54, 1.807) is 17.0 Å². The molecule has 0 aliphatic carbocycles. The molecule has 2 fully saturated rings. The molecule has 8 nitrogen and oxygen atoms in total. The van der Waals surface area contributed by atoms with Gasteiger partial charge >= 0.3 is 6.18 Å². The van der Waals surface area contributed by atoms with Crippen molar-refractivity contribution < 1.29 is 27.2 Å². The second kappa shape index (κ2) is 12.1. The van der Waals surface area contributed by atoms with Crippen LogP contribution < -0.4 is 9.80 Å². The molecule has 224 valence electrons. The number of rotatable bonds is 7. The molecule has 1 atom stereocenters. The van der Waals surface area contributed by atoms with Crippen molar-refractivity contribution in [1.29, 1.82) is 0 Å². The van der Waals surface area contributed by atoms with Crippen LogP contribution in [0.1, 0.15) is 58.3 Å². The van der Waals surface area contributed by atoms with E-state index < -0.39 is 23.4 Å². The number of piperidine rings is 1. The highest BCUT2D eigenvalue weighted by Gasteiger charge is 2.42. The zero-order chi connectivity index (χ0) is 30.0. The Hall–Kier alpha value is -3.89. The van der Waals surface area contributed by atoms with Crippen molar-refractivity contribution in [2.75, 3.05) is 49.1 Å². The van der Waals surface area contributed by atoms with Crippen molar-refractivity contribution in [3.8, 4) is 0 Å². The molecular formula is C31H36F3N5O3. The van der Waals surface area contributed by atoms with Gasteiger partial charge in [-0.25, -0.2) is 4.98 Å². The predicted molar refractivity (Wildman–Crippen MR) is 153 cm³/mol. The van der Waals surface area contributed by atoms with E-state index in [9.17, 15) is 22.8 Å². The summed E-state index contributed by atoms with van der Waals surface area (Å²) in [6.45, 7) is 9.47. The van der Waals surface area contributed by atoms with Crippen molar-refractivity contribution in [2.24, 2.45) is 5.92 Å². The Morgan fingerprint density at radius 3 is 2.31 bits per heavy atom. The lowest BCUT2D eigenvalue weighted by Crippen LogP contribution is -2.49. The fourth-order valence-corrected chi connectivity index (χ4v) is 5.74. The Balaban J connectivity index is 1.20. The zero-order valence-corrected chi connectivity index (χ0v) is 24.2. The molecule has 42 heavy (non-hydrogen) atoms. The van der Waals surface area contributed by atoms with Crippen LogP contribution in [0.5, 0.6) is 0 Å². The molecule has 0 saturated carbocycles. The van der Waals surface area contributed by atoms with Gasteiger partial charge in [0.15, 0.2) is 5.69 Å². The standard InChI is InChI=1S/C31H36F3N5O3/c1-20-6-5-11-39(19-20)30-36-29(31(32,33)34)28(42-30)25(40)16-23-9-10-26(35-18-23)37-12-14-38(15-13-37)27(41)17-24-21(2)7-4-8-22(24)3/h4,7-10,18,20H,5-6,11-17,19H2,1-3H3. The number of alkyl halides is 3. The number of Topliss-reactive ketones (excluding diaryl/α,β-unsaturated/α-hetero) is 1. The fraction of sp³-hybridized carbons (Fsp3) is 0.484. The average Bonchev–Trinajstić information content (AvgIpc) is 3.43. The summed E-state index contributed by atoms with van der Waals surface area (Å²) in [4.78, 5) is 39.7. The summed E-state index contributed by atoms with van der Waals surface area (Å²) < 4.78 is 46.7. The minimum atomic E-state index is -4.81. The number of aryl methyl sites for hydroxylation is 2. The van der Waals surface area contributed by atoms with E-state index in [1.165, 1.54) is 6.20 Å². The molecule has 0 radical (unpaired) electrons. The van der Waals surface area contributed by atoms with Crippen LogP contribution in [0.2, 0.25) is 0 Å². The van der Waals surface area contributed by atoms with Gasteiger partial charge in [-0.3, -0.25) is 9.59 Å². The molecule has 2 saturated heterocycles. The first-order valence-corrected chi connectivity index (χ1v) is 14.4. The smallest absolute Gasteiger partial charge is 0.420 e. The number of amides is 1. The molecule has 0 bridgehead atoms. The summed E-state index contributed by atoms with van der Waals surface area (Å²) in [5, 5.41) is 0. The molecule has 1 unspecified atom stereocenters. The molecule has 1 aromatic carbocycles. The lowest BCUT2D eigenvalue weighted by Gasteiger charge is -2.35. The number of anilines is 2. The number of carbonyl (C=O) groups excluding carboxylic acids is 2. The Bertz CT molecular complexity index is 1410. The van der Waals surface area contributed by atoms with Crippen LogP contribution in [0.15, 0.2) is 40.9 Å². The quantitative estimate of drug-likeness (QED) is 0.351. The first kappa shape index (κ1) is 29.6. The van der Waals surface area contributed by atoms with Gasteiger partial charge in [-0.1, -0.05) is 31.2 Å². The number of ketones is 1. The molecule has 4 heterocycles. The number of hydrogen-bond donors (Lipinski definition) is 0. The summed E-state index contributed by atoms with van der Waals surface area (Å²) in [5.41, 5.74) is 2.49. The van der Waals surface area contributed by atoms with E-state index in [2.05, 4.69) is 14.9 Å². The summed E-state index contributed by atoms with van der Waals surface area (Å²) in [5.74, 6) is -0.476. The Kier molecular flexibility index (Phi) is 8.56. The summed E-state index contributed by atoms with van der Waals surface area (Å²) in [6, 6.07) is 9.32. The highest BCUT2D eigenvalue weighted by Crippen LogP contribution is 2.35. The van der Waals surface area contributed by atoms with Gasteiger partial charge in [-0.15, -0.1) is 0 Å². The SMILES string of the molecule is Cc1cccc(C)c1CC(=O)N1CCN(c2ccc(CC(=O)c3oc(N4CCCC(C)C4)nc3C(F)(F)F)cn2)CC1. The average molecular weight is 584 g/mol. The van der Waals surface area contributed by atoms with Crippen molar-refractivity contribution >= 4 is 23.5 Å². The molecule has 1 amide bonds. The maximum Gasteiger partial charge on any atom is 0.437 e. The lowest BCUT2D eigenvalue weighted by molar-refractivity contribution is -0.141. The van der Waals surface area contributed by atoms with Crippen LogP contribution >= 0.6 is 0 Å². The Morgan fingerprint density at radius 2 is 1.69 bits per heavy atom. The van der Waals surface area contributed by atoms with Crippen LogP contribution in [0.3, 0.4) is 0 Å². The number of pyridine rings is 1. The topological polar surface area (TPSA) is 82.8 Å². The second-order valence-electron chi connectivity index (χ2n) is 11.4. The van der Waals surface area contributed by atoms with Gasteiger partial charge in [0.2, 0.25) is 17.5 Å². The number of piperazine rings is 1. The van der Waals surface area contributed by atoms with Crippen LogP contribution in [-0.4, -0.2) is 65.8 Å². The normalized spacial score (nSPS) is 18.0. The van der Waals surface area contributed by atoms with Gasteiger partial charge in [0.1, 0.15) is 5.82 Å². The van der Waals surface area contributed by atoms with Gasteiger partial charge in [0.25, 0.3) is 6.01 Å². The van der Waals surface area contributed by atoms with Gasteiger partial charge < -0.3 is 19.1 Å². The molecule has 11 heteroatoms. The molecule has 2 aliphatic heterocycles. The highest BCUT2D eigenvalue weighted by atomic mass is 19.4. The number of oxazole rings is 1. The van der Waals surface area contributed by atoms with Crippen LogP contribution in [0, 0.1) is 19.8 Å². The number of aromatic nitrogens is 2. The molecule has 2 aliphatic rings. The number of benzene rings is 1. The third-order valence-corrected chi connectivity index (χ3v) is 8.17. The van der Waals surface area contributed by atoms with Crippen molar-refractivity contribution in [3.05, 3.63) is 70.2 Å². The maximum atomic E-state index is 13.7. The fourth-order valence-electron chi connectivity index (χ4n) is 5.74. The first-order valence-electron chi connectivity index (χ1n) is 14.4. The third kappa shape index (κ3) is 6.60. The van der Waals surface area contributed by atoms with Crippen LogP contribution in [0.25, 0.3) is 0 Å². The van der Waals surface area contributed by atoms with Crippen molar-refractivity contribution in [3.63, 3.8) is 0 Å².